The molecule has 2 fully saturated rings. The summed E-state index contributed by atoms with van der Waals surface area (Å²) in [4.78, 5) is 15.9. The summed E-state index contributed by atoms with van der Waals surface area (Å²) in [6.45, 7) is 1.55. The maximum Gasteiger partial charge on any atom is 0.274 e. The van der Waals surface area contributed by atoms with Gasteiger partial charge in [0.1, 0.15) is 0 Å². The third kappa shape index (κ3) is 3.57. The van der Waals surface area contributed by atoms with E-state index in [1.165, 1.54) is 12.8 Å². The molecule has 0 aromatic carbocycles. The van der Waals surface area contributed by atoms with E-state index < -0.39 is 9.84 Å². The fourth-order valence-corrected chi connectivity index (χ4v) is 6.22. The standard InChI is InChI=1S/C18H23N3O3S2/c22-18(20-8-3-1-2-4-9-20)15-12-16(17-6-5-10-25-17)21(19-15)14-7-11-26(23,24)13-14/h5-6,10,12,14H,1-4,7-9,11,13H2. The molecule has 0 spiro atoms. The normalized spacial score (nSPS) is 23.1. The van der Waals surface area contributed by atoms with E-state index in [1.54, 1.807) is 16.0 Å². The van der Waals surface area contributed by atoms with Crippen LogP contribution in [0.2, 0.25) is 0 Å². The Labute approximate surface area is 157 Å². The highest BCUT2D eigenvalue weighted by atomic mass is 32.2. The van der Waals surface area contributed by atoms with Gasteiger partial charge in [-0.1, -0.05) is 18.9 Å². The summed E-state index contributed by atoms with van der Waals surface area (Å²) in [6.07, 6.45) is 4.95. The van der Waals surface area contributed by atoms with E-state index in [4.69, 9.17) is 0 Å². The van der Waals surface area contributed by atoms with Crippen molar-refractivity contribution < 1.29 is 13.2 Å². The van der Waals surface area contributed by atoms with Gasteiger partial charge in [-0.3, -0.25) is 9.48 Å². The molecule has 140 valence electrons. The summed E-state index contributed by atoms with van der Waals surface area (Å²) >= 11 is 1.58. The number of nitrogens with zero attached hydrogens (tertiary/aromatic N) is 3. The maximum atomic E-state index is 13.0. The Morgan fingerprint density at radius 2 is 1.96 bits per heavy atom. The molecule has 2 aromatic rings. The molecule has 0 N–H and O–H groups in total. The zero-order valence-corrected chi connectivity index (χ0v) is 16.3. The van der Waals surface area contributed by atoms with Gasteiger partial charge in [-0.2, -0.15) is 5.10 Å². The molecule has 2 aromatic heterocycles. The molecule has 2 aliphatic rings. The van der Waals surface area contributed by atoms with E-state index in [2.05, 4.69) is 5.10 Å². The quantitative estimate of drug-likeness (QED) is 0.804. The second-order valence-electron chi connectivity index (χ2n) is 7.10. The van der Waals surface area contributed by atoms with Crippen molar-refractivity contribution >= 4 is 27.1 Å². The van der Waals surface area contributed by atoms with Gasteiger partial charge in [-0.15, -0.1) is 11.3 Å². The van der Waals surface area contributed by atoms with Crippen LogP contribution in [0.3, 0.4) is 0 Å². The van der Waals surface area contributed by atoms with Crippen LogP contribution in [0, 0.1) is 0 Å². The fourth-order valence-electron chi connectivity index (χ4n) is 3.79. The van der Waals surface area contributed by atoms with Gasteiger partial charge in [0, 0.05) is 13.1 Å². The van der Waals surface area contributed by atoms with E-state index in [9.17, 15) is 13.2 Å². The average Bonchev–Trinajstić information content (AvgIpc) is 3.30. The Balaban J connectivity index is 1.68. The van der Waals surface area contributed by atoms with Gasteiger partial charge >= 0.3 is 0 Å². The first-order valence-electron chi connectivity index (χ1n) is 9.17. The van der Waals surface area contributed by atoms with Gasteiger partial charge in [0.2, 0.25) is 0 Å². The van der Waals surface area contributed by atoms with Crippen LogP contribution in [-0.4, -0.2) is 53.6 Å². The number of likely N-dealkylation sites (tertiary alicyclic amines) is 1. The average molecular weight is 394 g/mol. The number of amides is 1. The molecule has 1 unspecified atom stereocenters. The third-order valence-electron chi connectivity index (χ3n) is 5.18. The Bertz CT molecular complexity index is 879. The Morgan fingerprint density at radius 3 is 2.58 bits per heavy atom. The number of aromatic nitrogens is 2. The van der Waals surface area contributed by atoms with E-state index in [0.717, 1.165) is 36.5 Å². The number of hydrogen-bond donors (Lipinski definition) is 0. The summed E-state index contributed by atoms with van der Waals surface area (Å²) in [5.41, 5.74) is 1.28. The summed E-state index contributed by atoms with van der Waals surface area (Å²) in [7, 11) is -3.02. The molecule has 2 saturated heterocycles. The number of thiophene rings is 1. The first-order chi connectivity index (χ1) is 12.5. The van der Waals surface area contributed by atoms with Crippen LogP contribution >= 0.6 is 11.3 Å². The van der Waals surface area contributed by atoms with E-state index >= 15 is 0 Å². The molecular formula is C18H23N3O3S2. The zero-order valence-electron chi connectivity index (χ0n) is 14.6. The third-order valence-corrected chi connectivity index (χ3v) is 7.82. The molecule has 26 heavy (non-hydrogen) atoms. The van der Waals surface area contributed by atoms with Crippen LogP contribution in [0.25, 0.3) is 10.6 Å². The number of sulfone groups is 1. The van der Waals surface area contributed by atoms with Gasteiger partial charge in [-0.05, 0) is 36.8 Å². The highest BCUT2D eigenvalue weighted by molar-refractivity contribution is 7.91. The van der Waals surface area contributed by atoms with Crippen molar-refractivity contribution in [1.82, 2.24) is 14.7 Å². The van der Waals surface area contributed by atoms with Crippen molar-refractivity contribution in [2.45, 2.75) is 38.1 Å². The molecule has 2 aliphatic heterocycles. The van der Waals surface area contributed by atoms with E-state index in [0.29, 0.717) is 12.1 Å². The monoisotopic (exact) mass is 393 g/mol. The van der Waals surface area contributed by atoms with Crippen molar-refractivity contribution in [2.75, 3.05) is 24.6 Å². The molecule has 1 atom stereocenters. The van der Waals surface area contributed by atoms with Crippen molar-refractivity contribution in [2.24, 2.45) is 0 Å². The summed E-state index contributed by atoms with van der Waals surface area (Å²) in [5.74, 6) is 0.255. The Kier molecular flexibility index (Phi) is 4.88. The minimum atomic E-state index is -3.02. The molecular weight excluding hydrogens is 370 g/mol. The summed E-state index contributed by atoms with van der Waals surface area (Å²) in [6, 6.07) is 5.59. The lowest BCUT2D eigenvalue weighted by Crippen LogP contribution is -2.32. The van der Waals surface area contributed by atoms with Gasteiger partial charge in [0.05, 0.1) is 28.1 Å². The molecule has 0 saturated carbocycles. The lowest BCUT2D eigenvalue weighted by molar-refractivity contribution is 0.0754. The predicted molar refractivity (Wildman–Crippen MR) is 102 cm³/mol. The van der Waals surface area contributed by atoms with Crippen LogP contribution in [-0.2, 0) is 9.84 Å². The van der Waals surface area contributed by atoms with Crippen molar-refractivity contribution in [3.63, 3.8) is 0 Å². The Hall–Kier alpha value is -1.67. The van der Waals surface area contributed by atoms with Gasteiger partial charge in [0.15, 0.2) is 15.5 Å². The fraction of sp³-hybridized carbons (Fsp3) is 0.556. The van der Waals surface area contributed by atoms with Crippen LogP contribution in [0.4, 0.5) is 0 Å². The van der Waals surface area contributed by atoms with Gasteiger partial charge in [-0.25, -0.2) is 8.42 Å². The number of hydrogen-bond acceptors (Lipinski definition) is 5. The van der Waals surface area contributed by atoms with Crippen molar-refractivity contribution in [3.05, 3.63) is 29.3 Å². The molecule has 4 heterocycles. The van der Waals surface area contributed by atoms with Crippen LogP contribution in [0.1, 0.15) is 48.6 Å². The highest BCUT2D eigenvalue weighted by Crippen LogP contribution is 2.32. The second kappa shape index (κ2) is 7.15. The minimum Gasteiger partial charge on any atom is -0.337 e. The second-order valence-corrected chi connectivity index (χ2v) is 10.3. The lowest BCUT2D eigenvalue weighted by atomic mass is 10.2. The van der Waals surface area contributed by atoms with Gasteiger partial charge in [0.25, 0.3) is 5.91 Å². The molecule has 8 heteroatoms. The largest absolute Gasteiger partial charge is 0.337 e. The predicted octanol–water partition coefficient (Wildman–Crippen LogP) is 2.99. The summed E-state index contributed by atoms with van der Waals surface area (Å²) in [5, 5.41) is 6.57. The van der Waals surface area contributed by atoms with E-state index in [-0.39, 0.29) is 23.5 Å². The lowest BCUT2D eigenvalue weighted by Gasteiger charge is -2.18. The molecule has 0 radical (unpaired) electrons. The molecule has 0 bridgehead atoms. The number of rotatable bonds is 3. The SMILES string of the molecule is O=C(c1cc(-c2cccs2)n(C2CCS(=O)(=O)C2)n1)N1CCCCCC1. The van der Waals surface area contributed by atoms with Crippen LogP contribution in [0.15, 0.2) is 23.6 Å². The first-order valence-corrected chi connectivity index (χ1v) is 11.9. The van der Waals surface area contributed by atoms with Crippen LogP contribution < -0.4 is 0 Å². The topological polar surface area (TPSA) is 72.3 Å². The zero-order chi connectivity index (χ0) is 18.1. The molecule has 4 rings (SSSR count). The minimum absolute atomic E-state index is 0.0377. The molecule has 0 aliphatic carbocycles. The summed E-state index contributed by atoms with van der Waals surface area (Å²) < 4.78 is 25.6. The molecule has 1 amide bonds. The first kappa shape index (κ1) is 17.7. The maximum absolute atomic E-state index is 13.0. The molecule has 6 nitrogen and oxygen atoms in total. The smallest absolute Gasteiger partial charge is 0.274 e. The van der Waals surface area contributed by atoms with Gasteiger partial charge < -0.3 is 4.90 Å². The number of carbonyl (C=O) groups excluding carboxylic acids is 1. The highest BCUT2D eigenvalue weighted by Gasteiger charge is 2.33. The van der Waals surface area contributed by atoms with Crippen molar-refractivity contribution in [3.8, 4) is 10.6 Å². The van der Waals surface area contributed by atoms with E-state index in [1.807, 2.05) is 28.5 Å². The number of carbonyl (C=O) groups is 1. The van der Waals surface area contributed by atoms with Crippen molar-refractivity contribution in [1.29, 1.82) is 0 Å². The Morgan fingerprint density at radius 1 is 1.19 bits per heavy atom. The van der Waals surface area contributed by atoms with Crippen LogP contribution in [0.5, 0.6) is 0 Å².